The second-order valence-electron chi connectivity index (χ2n) is 4.80. The van der Waals surface area contributed by atoms with E-state index in [1.165, 1.54) is 0 Å². The van der Waals surface area contributed by atoms with E-state index in [1.807, 2.05) is 6.92 Å². The first-order chi connectivity index (χ1) is 9.04. The molecule has 0 aliphatic rings. The van der Waals surface area contributed by atoms with Gasteiger partial charge in [0, 0.05) is 19.1 Å². The zero-order valence-electron chi connectivity index (χ0n) is 12.4. The Morgan fingerprint density at radius 1 is 1.16 bits per heavy atom. The molecule has 112 valence electrons. The van der Waals surface area contributed by atoms with E-state index in [2.05, 4.69) is 19.2 Å². The van der Waals surface area contributed by atoms with Crippen molar-refractivity contribution in [3.63, 3.8) is 0 Å². The molecule has 0 aromatic rings. The van der Waals surface area contributed by atoms with Crippen molar-refractivity contribution in [1.29, 1.82) is 0 Å². The molecule has 5 nitrogen and oxygen atoms in total. The third-order valence-corrected chi connectivity index (χ3v) is 3.14. The fourth-order valence-corrected chi connectivity index (χ4v) is 1.99. The average molecular weight is 272 g/mol. The van der Waals surface area contributed by atoms with Gasteiger partial charge in [-0.15, -0.1) is 0 Å². The molecule has 2 amide bonds. The number of carbonyl (C=O) groups is 2. The average Bonchev–Trinajstić information content (AvgIpc) is 2.36. The lowest BCUT2D eigenvalue weighted by atomic mass is 10.1. The van der Waals surface area contributed by atoms with Crippen LogP contribution in [0.3, 0.4) is 0 Å². The Kier molecular flexibility index (Phi) is 9.94. The predicted molar refractivity (Wildman–Crippen MR) is 76.3 cm³/mol. The van der Waals surface area contributed by atoms with Crippen LogP contribution in [0.5, 0.6) is 0 Å². The maximum absolute atomic E-state index is 12.1. The molecule has 0 aliphatic heterocycles. The summed E-state index contributed by atoms with van der Waals surface area (Å²) in [6, 6.07) is 0.0645. The molecule has 1 unspecified atom stereocenters. The summed E-state index contributed by atoms with van der Waals surface area (Å²) in [7, 11) is 0. The van der Waals surface area contributed by atoms with Crippen LogP contribution in [-0.4, -0.2) is 41.1 Å². The smallest absolute Gasteiger partial charge is 0.317 e. The summed E-state index contributed by atoms with van der Waals surface area (Å²) in [6.45, 7) is 6.90. The molecule has 2 N–H and O–H groups in total. The van der Waals surface area contributed by atoms with Crippen LogP contribution in [0.4, 0.5) is 4.79 Å². The van der Waals surface area contributed by atoms with Crippen LogP contribution in [0.2, 0.25) is 0 Å². The first-order valence-corrected chi connectivity index (χ1v) is 7.32. The molecule has 0 bridgehead atoms. The highest BCUT2D eigenvalue weighted by Gasteiger charge is 2.16. The Morgan fingerprint density at radius 2 is 1.84 bits per heavy atom. The zero-order valence-corrected chi connectivity index (χ0v) is 12.4. The van der Waals surface area contributed by atoms with Crippen molar-refractivity contribution in [1.82, 2.24) is 10.2 Å². The second kappa shape index (κ2) is 10.6. The lowest BCUT2D eigenvalue weighted by Gasteiger charge is -2.25. The lowest BCUT2D eigenvalue weighted by molar-refractivity contribution is -0.137. The second-order valence-corrected chi connectivity index (χ2v) is 4.80. The lowest BCUT2D eigenvalue weighted by Crippen LogP contribution is -2.45. The van der Waals surface area contributed by atoms with E-state index in [1.54, 1.807) is 4.90 Å². The van der Waals surface area contributed by atoms with Gasteiger partial charge >= 0.3 is 12.0 Å². The number of aliphatic carboxylic acids is 1. The molecule has 0 aliphatic carbocycles. The monoisotopic (exact) mass is 272 g/mol. The van der Waals surface area contributed by atoms with Crippen LogP contribution in [0, 0.1) is 0 Å². The Bertz CT molecular complexity index is 269. The summed E-state index contributed by atoms with van der Waals surface area (Å²) in [6.07, 6.45) is 5.22. The Hall–Kier alpha value is -1.26. The highest BCUT2D eigenvalue weighted by atomic mass is 16.4. The number of carbonyl (C=O) groups excluding carboxylic acids is 1. The van der Waals surface area contributed by atoms with Gasteiger partial charge in [-0.3, -0.25) is 4.79 Å². The number of rotatable bonds is 10. The summed E-state index contributed by atoms with van der Waals surface area (Å²) in [5.74, 6) is -0.873. The molecule has 0 rings (SSSR count). The maximum Gasteiger partial charge on any atom is 0.317 e. The minimum absolute atomic E-state index is 0.00529. The van der Waals surface area contributed by atoms with Gasteiger partial charge in [0.2, 0.25) is 0 Å². The normalized spacial score (nSPS) is 11.9. The van der Waals surface area contributed by atoms with Crippen molar-refractivity contribution >= 4 is 12.0 Å². The van der Waals surface area contributed by atoms with Crippen LogP contribution >= 0.6 is 0 Å². The Balaban J connectivity index is 4.28. The fourth-order valence-electron chi connectivity index (χ4n) is 1.99. The summed E-state index contributed by atoms with van der Waals surface area (Å²) in [5.41, 5.74) is 0. The van der Waals surface area contributed by atoms with E-state index in [0.29, 0.717) is 6.54 Å². The molecule has 0 saturated heterocycles. The van der Waals surface area contributed by atoms with E-state index in [9.17, 15) is 9.59 Å². The maximum atomic E-state index is 12.1. The van der Waals surface area contributed by atoms with Crippen molar-refractivity contribution in [3.8, 4) is 0 Å². The summed E-state index contributed by atoms with van der Waals surface area (Å²) in [5, 5.41) is 11.7. The molecule has 5 heteroatoms. The van der Waals surface area contributed by atoms with E-state index in [0.717, 1.165) is 32.1 Å². The molecule has 19 heavy (non-hydrogen) atoms. The van der Waals surface area contributed by atoms with Crippen LogP contribution in [0.1, 0.15) is 59.3 Å². The number of carboxylic acids is 1. The standard InChI is InChI=1S/C14H28N2O3/c1-4-7-9-12(8-5-2)15-14(19)16(6-3)11-10-13(17)18/h12H,4-11H2,1-3H3,(H,15,19)(H,17,18). The number of unbranched alkanes of at least 4 members (excludes halogenated alkanes) is 1. The highest BCUT2D eigenvalue weighted by molar-refractivity contribution is 5.75. The molecule has 0 aromatic heterocycles. The topological polar surface area (TPSA) is 69.6 Å². The molecule has 0 fully saturated rings. The predicted octanol–water partition coefficient (Wildman–Crippen LogP) is 2.85. The highest BCUT2D eigenvalue weighted by Crippen LogP contribution is 2.07. The van der Waals surface area contributed by atoms with Crippen molar-refractivity contribution in [2.45, 2.75) is 65.3 Å². The van der Waals surface area contributed by atoms with E-state index < -0.39 is 5.97 Å². The minimum atomic E-state index is -0.873. The molecular formula is C14H28N2O3. The van der Waals surface area contributed by atoms with E-state index in [4.69, 9.17) is 5.11 Å². The molecule has 0 aromatic carbocycles. The number of hydrogen-bond donors (Lipinski definition) is 2. The van der Waals surface area contributed by atoms with Gasteiger partial charge in [0.25, 0.3) is 0 Å². The van der Waals surface area contributed by atoms with Crippen LogP contribution in [0.15, 0.2) is 0 Å². The number of amides is 2. The van der Waals surface area contributed by atoms with Crippen molar-refractivity contribution in [2.24, 2.45) is 0 Å². The van der Waals surface area contributed by atoms with Crippen molar-refractivity contribution < 1.29 is 14.7 Å². The Labute approximate surface area is 116 Å². The number of nitrogens with one attached hydrogen (secondary N) is 1. The quantitative estimate of drug-likeness (QED) is 0.642. The molecular weight excluding hydrogens is 244 g/mol. The molecule has 1 atom stereocenters. The first kappa shape index (κ1) is 17.7. The minimum Gasteiger partial charge on any atom is -0.481 e. The number of carboxylic acid groups (broad SMARTS) is 1. The van der Waals surface area contributed by atoms with Gasteiger partial charge in [-0.2, -0.15) is 0 Å². The third kappa shape index (κ3) is 8.46. The molecule has 0 saturated carbocycles. The third-order valence-electron chi connectivity index (χ3n) is 3.14. The number of nitrogens with zero attached hydrogens (tertiary/aromatic N) is 1. The molecule has 0 heterocycles. The van der Waals surface area contributed by atoms with Crippen LogP contribution < -0.4 is 5.32 Å². The SMILES string of the molecule is CCCCC(CCC)NC(=O)N(CC)CCC(=O)O. The van der Waals surface area contributed by atoms with Gasteiger partial charge in [0.15, 0.2) is 0 Å². The zero-order chi connectivity index (χ0) is 14.7. The Morgan fingerprint density at radius 3 is 2.32 bits per heavy atom. The summed E-state index contributed by atoms with van der Waals surface area (Å²) >= 11 is 0. The largest absolute Gasteiger partial charge is 0.481 e. The fraction of sp³-hybridized carbons (Fsp3) is 0.857. The van der Waals surface area contributed by atoms with E-state index >= 15 is 0 Å². The van der Waals surface area contributed by atoms with Crippen LogP contribution in [-0.2, 0) is 4.79 Å². The first-order valence-electron chi connectivity index (χ1n) is 7.32. The van der Waals surface area contributed by atoms with Gasteiger partial charge < -0.3 is 15.3 Å². The molecule has 0 spiro atoms. The van der Waals surface area contributed by atoms with E-state index in [-0.39, 0.29) is 25.0 Å². The van der Waals surface area contributed by atoms with Gasteiger partial charge in [-0.05, 0) is 19.8 Å². The summed E-state index contributed by atoms with van der Waals surface area (Å²) < 4.78 is 0. The van der Waals surface area contributed by atoms with Gasteiger partial charge in [-0.25, -0.2) is 4.79 Å². The van der Waals surface area contributed by atoms with Crippen LogP contribution in [0.25, 0.3) is 0 Å². The van der Waals surface area contributed by atoms with Crippen molar-refractivity contribution in [3.05, 3.63) is 0 Å². The number of urea groups is 1. The summed E-state index contributed by atoms with van der Waals surface area (Å²) in [4.78, 5) is 24.2. The van der Waals surface area contributed by atoms with Gasteiger partial charge in [-0.1, -0.05) is 33.1 Å². The molecule has 0 radical (unpaired) electrons. The van der Waals surface area contributed by atoms with Crippen molar-refractivity contribution in [2.75, 3.05) is 13.1 Å². The van der Waals surface area contributed by atoms with Gasteiger partial charge in [0.05, 0.1) is 6.42 Å². The number of hydrogen-bond acceptors (Lipinski definition) is 2. The van der Waals surface area contributed by atoms with Gasteiger partial charge in [0.1, 0.15) is 0 Å².